The number of hydrogen-bond donors (Lipinski definition) is 2. The number of ether oxygens (including phenoxy) is 2. The van der Waals surface area contributed by atoms with Crippen molar-refractivity contribution in [2.24, 2.45) is 7.05 Å². The highest BCUT2D eigenvalue weighted by Gasteiger charge is 2.15. The molecular formula is C23H36N4O3. The fourth-order valence-corrected chi connectivity index (χ4v) is 3.86. The number of aliphatic hydroxyl groups excluding tert-OH is 1. The Bertz CT molecular complexity index is 757. The minimum Gasteiger partial charge on any atom is -0.493 e. The van der Waals surface area contributed by atoms with E-state index in [2.05, 4.69) is 15.2 Å². The van der Waals surface area contributed by atoms with Crippen molar-refractivity contribution in [1.29, 1.82) is 0 Å². The van der Waals surface area contributed by atoms with Crippen LogP contribution in [0.5, 0.6) is 11.5 Å². The van der Waals surface area contributed by atoms with Gasteiger partial charge in [-0.25, -0.2) is 4.98 Å². The van der Waals surface area contributed by atoms with E-state index >= 15 is 0 Å². The van der Waals surface area contributed by atoms with Crippen LogP contribution in [0.25, 0.3) is 0 Å². The van der Waals surface area contributed by atoms with Crippen molar-refractivity contribution < 1.29 is 14.6 Å². The summed E-state index contributed by atoms with van der Waals surface area (Å²) in [6, 6.07) is 5.92. The van der Waals surface area contributed by atoms with E-state index in [1.165, 1.54) is 32.1 Å². The van der Waals surface area contributed by atoms with Crippen molar-refractivity contribution in [3.8, 4) is 11.5 Å². The molecule has 2 heterocycles. The van der Waals surface area contributed by atoms with Gasteiger partial charge in [0.05, 0.1) is 13.7 Å². The number of imidazole rings is 1. The zero-order valence-corrected chi connectivity index (χ0v) is 18.3. The third-order valence-electron chi connectivity index (χ3n) is 5.61. The number of methoxy groups -OCH3 is 1. The molecule has 1 aromatic heterocycles. The highest BCUT2D eigenvalue weighted by atomic mass is 16.5. The number of rotatable bonds is 10. The van der Waals surface area contributed by atoms with Gasteiger partial charge in [0, 0.05) is 32.5 Å². The van der Waals surface area contributed by atoms with Crippen molar-refractivity contribution in [3.05, 3.63) is 42.0 Å². The average molecular weight is 417 g/mol. The van der Waals surface area contributed by atoms with Crippen LogP contribution < -0.4 is 14.8 Å². The van der Waals surface area contributed by atoms with Crippen LogP contribution >= 0.6 is 0 Å². The molecule has 0 saturated carbocycles. The molecule has 1 atom stereocenters. The fourth-order valence-electron chi connectivity index (χ4n) is 3.86. The predicted octanol–water partition coefficient (Wildman–Crippen LogP) is 2.72. The lowest BCUT2D eigenvalue weighted by Gasteiger charge is -2.26. The standard InChI is InChI=1S/C23H36N4O3/c1-26-13-10-25-23(26)16-24-15-19-8-9-21(22(14-19)29-2)30-18-20(28)17-27-11-6-4-3-5-7-12-27/h8-10,13-14,20,24,28H,3-7,11-12,15-18H2,1-2H3. The second-order valence-corrected chi connectivity index (χ2v) is 8.08. The van der Waals surface area contributed by atoms with E-state index < -0.39 is 6.10 Å². The minimum atomic E-state index is -0.506. The summed E-state index contributed by atoms with van der Waals surface area (Å²) in [7, 11) is 3.63. The Morgan fingerprint density at radius 3 is 2.57 bits per heavy atom. The van der Waals surface area contributed by atoms with Gasteiger partial charge in [0.1, 0.15) is 18.5 Å². The zero-order valence-electron chi connectivity index (χ0n) is 18.3. The van der Waals surface area contributed by atoms with Gasteiger partial charge in [0.15, 0.2) is 11.5 Å². The van der Waals surface area contributed by atoms with Gasteiger partial charge in [-0.05, 0) is 43.6 Å². The van der Waals surface area contributed by atoms with Crippen molar-refractivity contribution >= 4 is 0 Å². The van der Waals surface area contributed by atoms with Crippen molar-refractivity contribution in [3.63, 3.8) is 0 Å². The topological polar surface area (TPSA) is 71.8 Å². The van der Waals surface area contributed by atoms with Crippen LogP contribution in [0, 0.1) is 0 Å². The van der Waals surface area contributed by atoms with E-state index in [9.17, 15) is 5.11 Å². The molecule has 0 radical (unpaired) electrons. The first kappa shape index (κ1) is 22.6. The second-order valence-electron chi connectivity index (χ2n) is 8.08. The molecule has 166 valence electrons. The maximum Gasteiger partial charge on any atom is 0.161 e. The van der Waals surface area contributed by atoms with Gasteiger partial charge in [-0.2, -0.15) is 0 Å². The molecule has 1 saturated heterocycles. The molecule has 7 heteroatoms. The Balaban J connectivity index is 1.46. The lowest BCUT2D eigenvalue weighted by Crippen LogP contribution is -2.37. The number of nitrogens with one attached hydrogen (secondary N) is 1. The van der Waals surface area contributed by atoms with Gasteiger partial charge in [0.25, 0.3) is 0 Å². The number of hydrogen-bond acceptors (Lipinski definition) is 6. The molecule has 1 fully saturated rings. The smallest absolute Gasteiger partial charge is 0.161 e. The van der Waals surface area contributed by atoms with Gasteiger partial charge in [-0.1, -0.05) is 25.3 Å². The number of likely N-dealkylation sites (tertiary alicyclic amines) is 1. The Kier molecular flexibility index (Phi) is 8.99. The third-order valence-corrected chi connectivity index (χ3v) is 5.61. The third kappa shape index (κ3) is 7.00. The summed E-state index contributed by atoms with van der Waals surface area (Å²) in [4.78, 5) is 6.68. The molecule has 0 bridgehead atoms. The van der Waals surface area contributed by atoms with Gasteiger partial charge in [-0.3, -0.25) is 0 Å². The summed E-state index contributed by atoms with van der Waals surface area (Å²) in [5.74, 6) is 2.35. The number of β-amino-alcohol motifs (C(OH)–C–C–N with tert-alkyl or cyclic N) is 1. The maximum absolute atomic E-state index is 10.4. The van der Waals surface area contributed by atoms with Crippen LogP contribution in [-0.2, 0) is 20.1 Å². The van der Waals surface area contributed by atoms with Crippen LogP contribution in [0.1, 0.15) is 43.5 Å². The first-order valence-electron chi connectivity index (χ1n) is 11.0. The van der Waals surface area contributed by atoms with Crippen molar-refractivity contribution in [2.75, 3.05) is 33.4 Å². The lowest BCUT2D eigenvalue weighted by atomic mass is 10.1. The van der Waals surface area contributed by atoms with Crippen LogP contribution in [-0.4, -0.2) is 59.0 Å². The van der Waals surface area contributed by atoms with E-state index in [0.29, 0.717) is 31.1 Å². The summed E-state index contributed by atoms with van der Waals surface area (Å²) in [5.41, 5.74) is 1.11. The number of aliphatic hydroxyl groups is 1. The zero-order chi connectivity index (χ0) is 21.2. The van der Waals surface area contributed by atoms with Gasteiger partial charge >= 0.3 is 0 Å². The number of aryl methyl sites for hydroxylation is 1. The molecule has 2 aromatic rings. The van der Waals surface area contributed by atoms with E-state index in [0.717, 1.165) is 24.5 Å². The van der Waals surface area contributed by atoms with Crippen molar-refractivity contribution in [1.82, 2.24) is 19.8 Å². The quantitative estimate of drug-likeness (QED) is 0.621. The van der Waals surface area contributed by atoms with E-state index in [1.807, 2.05) is 36.0 Å². The van der Waals surface area contributed by atoms with Crippen LogP contribution in [0.15, 0.2) is 30.6 Å². The molecule has 1 aliphatic rings. The summed E-state index contributed by atoms with van der Waals surface area (Å²) in [5, 5.41) is 13.8. The summed E-state index contributed by atoms with van der Waals surface area (Å²) >= 11 is 0. The molecule has 30 heavy (non-hydrogen) atoms. The molecule has 0 spiro atoms. The fraction of sp³-hybridized carbons (Fsp3) is 0.609. The second kappa shape index (κ2) is 11.9. The lowest BCUT2D eigenvalue weighted by molar-refractivity contribution is 0.0645. The van der Waals surface area contributed by atoms with E-state index in [-0.39, 0.29) is 6.61 Å². The minimum absolute atomic E-state index is 0.267. The van der Waals surface area contributed by atoms with Crippen LogP contribution in [0.3, 0.4) is 0 Å². The van der Waals surface area contributed by atoms with Crippen LogP contribution in [0.2, 0.25) is 0 Å². The van der Waals surface area contributed by atoms with Gasteiger partial charge in [-0.15, -0.1) is 0 Å². The molecule has 2 N–H and O–H groups in total. The summed E-state index contributed by atoms with van der Waals surface area (Å²) < 4.78 is 13.4. The molecule has 3 rings (SSSR count). The van der Waals surface area contributed by atoms with E-state index in [1.54, 1.807) is 13.3 Å². The number of benzene rings is 1. The van der Waals surface area contributed by atoms with Gasteiger partial charge in [0.2, 0.25) is 0 Å². The Morgan fingerprint density at radius 1 is 1.10 bits per heavy atom. The van der Waals surface area contributed by atoms with Gasteiger partial charge < -0.3 is 29.4 Å². The normalized spacial score (nSPS) is 16.6. The first-order chi connectivity index (χ1) is 14.7. The molecule has 0 amide bonds. The Morgan fingerprint density at radius 2 is 1.87 bits per heavy atom. The molecule has 1 unspecified atom stereocenters. The monoisotopic (exact) mass is 416 g/mol. The molecule has 1 aliphatic heterocycles. The first-order valence-corrected chi connectivity index (χ1v) is 11.0. The molecule has 7 nitrogen and oxygen atoms in total. The maximum atomic E-state index is 10.4. The molecule has 1 aromatic carbocycles. The summed E-state index contributed by atoms with van der Waals surface area (Å²) in [6.07, 6.45) is 9.60. The van der Waals surface area contributed by atoms with Crippen molar-refractivity contribution in [2.45, 2.75) is 51.3 Å². The highest BCUT2D eigenvalue weighted by molar-refractivity contribution is 5.43. The number of aromatic nitrogens is 2. The molecular weight excluding hydrogens is 380 g/mol. The van der Waals surface area contributed by atoms with E-state index in [4.69, 9.17) is 9.47 Å². The SMILES string of the molecule is COc1cc(CNCc2nccn2C)ccc1OCC(O)CN1CCCCCCC1. The summed E-state index contributed by atoms with van der Waals surface area (Å²) in [6.45, 7) is 4.48. The highest BCUT2D eigenvalue weighted by Crippen LogP contribution is 2.28. The Labute approximate surface area is 180 Å². The molecule has 0 aliphatic carbocycles. The van der Waals surface area contributed by atoms with Crippen LogP contribution in [0.4, 0.5) is 0 Å². The largest absolute Gasteiger partial charge is 0.493 e. The number of nitrogens with zero attached hydrogens (tertiary/aromatic N) is 3. The average Bonchev–Trinajstić information content (AvgIpc) is 3.13. The predicted molar refractivity (Wildman–Crippen MR) is 118 cm³/mol. The Hall–Kier alpha value is -2.09.